The molecule has 0 radical (unpaired) electrons. The molecule has 1 fully saturated rings. The van der Waals surface area contributed by atoms with Crippen molar-refractivity contribution < 1.29 is 0 Å². The molecule has 1 rings (SSSR count). The van der Waals surface area contributed by atoms with Crippen LogP contribution in [0.25, 0.3) is 0 Å². The summed E-state index contributed by atoms with van der Waals surface area (Å²) in [5, 5.41) is 6.71. The van der Waals surface area contributed by atoms with Gasteiger partial charge in [-0.15, -0.1) is 0 Å². The molecule has 1 heterocycles. The molecule has 0 aromatic carbocycles. The van der Waals surface area contributed by atoms with Gasteiger partial charge in [-0.3, -0.25) is 4.99 Å². The SMILES string of the molecule is CCCCNC(=NCCCCN1CCC(C)CC1)NCC. The minimum atomic E-state index is 0.933. The fourth-order valence-electron chi connectivity index (χ4n) is 2.65. The van der Waals surface area contributed by atoms with Gasteiger partial charge in [0.15, 0.2) is 5.96 Å². The molecular weight excluding hydrogens is 260 g/mol. The molecule has 0 aromatic heterocycles. The summed E-state index contributed by atoms with van der Waals surface area (Å²) in [4.78, 5) is 7.28. The lowest BCUT2D eigenvalue weighted by Crippen LogP contribution is -2.37. The summed E-state index contributed by atoms with van der Waals surface area (Å²) < 4.78 is 0. The Kier molecular flexibility index (Phi) is 10.3. The molecule has 1 aliphatic heterocycles. The van der Waals surface area contributed by atoms with Crippen molar-refractivity contribution in [2.45, 2.75) is 59.3 Å². The van der Waals surface area contributed by atoms with Gasteiger partial charge in [0.2, 0.25) is 0 Å². The average Bonchev–Trinajstić information content (AvgIpc) is 2.49. The van der Waals surface area contributed by atoms with Gasteiger partial charge in [-0.05, 0) is 64.6 Å². The first kappa shape index (κ1) is 18.3. The van der Waals surface area contributed by atoms with E-state index in [4.69, 9.17) is 0 Å². The predicted octanol–water partition coefficient (Wildman–Crippen LogP) is 2.85. The quantitative estimate of drug-likeness (QED) is 0.390. The van der Waals surface area contributed by atoms with Crippen LogP contribution in [-0.4, -0.2) is 50.1 Å². The van der Waals surface area contributed by atoms with Crippen molar-refractivity contribution in [1.29, 1.82) is 0 Å². The Balaban J connectivity index is 2.09. The first-order chi connectivity index (χ1) is 10.3. The van der Waals surface area contributed by atoms with Crippen LogP contribution in [0, 0.1) is 5.92 Å². The molecule has 124 valence electrons. The predicted molar refractivity (Wildman–Crippen MR) is 93.0 cm³/mol. The summed E-state index contributed by atoms with van der Waals surface area (Å²) in [6.45, 7) is 13.4. The third kappa shape index (κ3) is 8.97. The van der Waals surface area contributed by atoms with Gasteiger partial charge < -0.3 is 15.5 Å². The molecule has 0 amide bonds. The molecule has 1 aliphatic rings. The second-order valence-electron chi connectivity index (χ2n) is 6.27. The Bertz CT molecular complexity index is 270. The number of piperidine rings is 1. The van der Waals surface area contributed by atoms with Gasteiger partial charge in [-0.2, -0.15) is 0 Å². The van der Waals surface area contributed by atoms with E-state index < -0.39 is 0 Å². The number of nitrogens with zero attached hydrogens (tertiary/aromatic N) is 2. The van der Waals surface area contributed by atoms with Crippen LogP contribution in [0.2, 0.25) is 0 Å². The van der Waals surface area contributed by atoms with Crippen molar-refractivity contribution in [3.63, 3.8) is 0 Å². The molecule has 0 aromatic rings. The van der Waals surface area contributed by atoms with E-state index in [1.54, 1.807) is 0 Å². The number of rotatable bonds is 9. The van der Waals surface area contributed by atoms with Crippen LogP contribution in [0.5, 0.6) is 0 Å². The standard InChI is InChI=1S/C17H36N4/c1-4-6-11-19-17(18-5-2)20-12-7-8-13-21-14-9-16(3)10-15-21/h16H,4-15H2,1-3H3,(H2,18,19,20). The molecule has 0 unspecified atom stereocenters. The highest BCUT2D eigenvalue weighted by molar-refractivity contribution is 5.79. The lowest BCUT2D eigenvalue weighted by molar-refractivity contribution is 0.190. The normalized spacial score (nSPS) is 18.0. The monoisotopic (exact) mass is 296 g/mol. The topological polar surface area (TPSA) is 39.7 Å². The average molecular weight is 297 g/mol. The summed E-state index contributed by atoms with van der Waals surface area (Å²) in [5.41, 5.74) is 0. The van der Waals surface area contributed by atoms with Crippen LogP contribution in [-0.2, 0) is 0 Å². The Morgan fingerprint density at radius 1 is 1.10 bits per heavy atom. The molecule has 0 bridgehead atoms. The van der Waals surface area contributed by atoms with E-state index in [0.717, 1.165) is 31.5 Å². The summed E-state index contributed by atoms with van der Waals surface area (Å²) in [7, 11) is 0. The van der Waals surface area contributed by atoms with Crippen molar-refractivity contribution >= 4 is 5.96 Å². The summed E-state index contributed by atoms with van der Waals surface area (Å²) >= 11 is 0. The van der Waals surface area contributed by atoms with Crippen molar-refractivity contribution in [1.82, 2.24) is 15.5 Å². The van der Waals surface area contributed by atoms with Crippen LogP contribution < -0.4 is 10.6 Å². The molecule has 2 N–H and O–H groups in total. The highest BCUT2D eigenvalue weighted by atomic mass is 15.2. The highest BCUT2D eigenvalue weighted by Gasteiger charge is 2.14. The van der Waals surface area contributed by atoms with E-state index in [1.165, 1.54) is 58.2 Å². The zero-order chi connectivity index (χ0) is 15.3. The molecule has 4 nitrogen and oxygen atoms in total. The maximum Gasteiger partial charge on any atom is 0.191 e. The van der Waals surface area contributed by atoms with Crippen LogP contribution in [0.15, 0.2) is 4.99 Å². The van der Waals surface area contributed by atoms with Gasteiger partial charge in [0.1, 0.15) is 0 Å². The molecule has 4 heteroatoms. The Morgan fingerprint density at radius 2 is 1.86 bits per heavy atom. The van der Waals surface area contributed by atoms with E-state index >= 15 is 0 Å². The minimum absolute atomic E-state index is 0.933. The molecule has 21 heavy (non-hydrogen) atoms. The maximum absolute atomic E-state index is 4.66. The molecule has 0 spiro atoms. The van der Waals surface area contributed by atoms with Gasteiger partial charge in [0.05, 0.1) is 0 Å². The first-order valence-electron chi connectivity index (χ1n) is 9.00. The van der Waals surface area contributed by atoms with E-state index in [2.05, 4.69) is 41.3 Å². The number of likely N-dealkylation sites (tertiary alicyclic amines) is 1. The summed E-state index contributed by atoms with van der Waals surface area (Å²) in [5.74, 6) is 1.92. The Morgan fingerprint density at radius 3 is 2.52 bits per heavy atom. The Hall–Kier alpha value is -0.770. The van der Waals surface area contributed by atoms with Gasteiger partial charge in [0, 0.05) is 19.6 Å². The minimum Gasteiger partial charge on any atom is -0.357 e. The van der Waals surface area contributed by atoms with Gasteiger partial charge in [-0.25, -0.2) is 0 Å². The van der Waals surface area contributed by atoms with Crippen molar-refractivity contribution in [3.8, 4) is 0 Å². The van der Waals surface area contributed by atoms with Gasteiger partial charge >= 0.3 is 0 Å². The molecule has 0 aliphatic carbocycles. The van der Waals surface area contributed by atoms with Crippen LogP contribution in [0.3, 0.4) is 0 Å². The smallest absolute Gasteiger partial charge is 0.191 e. The number of guanidine groups is 1. The number of unbranched alkanes of at least 4 members (excludes halogenated alkanes) is 2. The van der Waals surface area contributed by atoms with Crippen molar-refractivity contribution in [2.24, 2.45) is 10.9 Å². The second kappa shape index (κ2) is 11.8. The van der Waals surface area contributed by atoms with E-state index in [0.29, 0.717) is 0 Å². The summed E-state index contributed by atoms with van der Waals surface area (Å²) in [6.07, 6.45) is 7.65. The highest BCUT2D eigenvalue weighted by Crippen LogP contribution is 2.16. The van der Waals surface area contributed by atoms with Crippen LogP contribution >= 0.6 is 0 Å². The van der Waals surface area contributed by atoms with Crippen LogP contribution in [0.4, 0.5) is 0 Å². The van der Waals surface area contributed by atoms with Gasteiger partial charge in [0.25, 0.3) is 0 Å². The molecule has 0 saturated carbocycles. The molecule has 0 atom stereocenters. The zero-order valence-electron chi connectivity index (χ0n) is 14.5. The fourth-order valence-corrected chi connectivity index (χ4v) is 2.65. The zero-order valence-corrected chi connectivity index (χ0v) is 14.5. The largest absolute Gasteiger partial charge is 0.357 e. The third-order valence-corrected chi connectivity index (χ3v) is 4.20. The summed E-state index contributed by atoms with van der Waals surface area (Å²) in [6, 6.07) is 0. The maximum atomic E-state index is 4.66. The second-order valence-corrected chi connectivity index (χ2v) is 6.27. The van der Waals surface area contributed by atoms with Crippen LogP contribution in [0.1, 0.15) is 59.3 Å². The fraction of sp³-hybridized carbons (Fsp3) is 0.941. The number of hydrogen-bond acceptors (Lipinski definition) is 2. The molecule has 1 saturated heterocycles. The van der Waals surface area contributed by atoms with Crippen molar-refractivity contribution in [3.05, 3.63) is 0 Å². The van der Waals surface area contributed by atoms with E-state index in [9.17, 15) is 0 Å². The lowest BCUT2D eigenvalue weighted by atomic mass is 9.99. The van der Waals surface area contributed by atoms with E-state index in [1.807, 2.05) is 0 Å². The van der Waals surface area contributed by atoms with Gasteiger partial charge in [-0.1, -0.05) is 20.3 Å². The lowest BCUT2D eigenvalue weighted by Gasteiger charge is -2.30. The first-order valence-corrected chi connectivity index (χ1v) is 9.00. The van der Waals surface area contributed by atoms with Crippen molar-refractivity contribution in [2.75, 3.05) is 39.3 Å². The number of nitrogens with one attached hydrogen (secondary N) is 2. The third-order valence-electron chi connectivity index (χ3n) is 4.20. The number of aliphatic imine (C=N–C) groups is 1. The number of hydrogen-bond donors (Lipinski definition) is 2. The van der Waals surface area contributed by atoms with E-state index in [-0.39, 0.29) is 0 Å². The Labute approximate surface area is 131 Å². The molecular formula is C17H36N4.